The van der Waals surface area contributed by atoms with Crippen molar-refractivity contribution in [3.8, 4) is 5.75 Å². The number of hydrogen-bond donors (Lipinski definition) is 0. The maximum Gasteiger partial charge on any atom is 0.332 e. The molecule has 2 fully saturated rings. The number of imide groups is 1. The number of nitrogens with zero attached hydrogens (tertiary/aromatic N) is 5. The van der Waals surface area contributed by atoms with Gasteiger partial charge in [0.25, 0.3) is 5.91 Å². The van der Waals surface area contributed by atoms with Crippen LogP contribution in [0.4, 0.5) is 14.9 Å². The van der Waals surface area contributed by atoms with E-state index in [9.17, 15) is 14.0 Å². The zero-order valence-corrected chi connectivity index (χ0v) is 21.9. The van der Waals surface area contributed by atoms with E-state index in [1.807, 2.05) is 32.0 Å². The summed E-state index contributed by atoms with van der Waals surface area (Å²) < 4.78 is 20.1. The zero-order valence-electron chi connectivity index (χ0n) is 21.9. The normalized spacial score (nSPS) is 22.1. The number of hydrogen-bond acceptors (Lipinski definition) is 6. The molecule has 2 atom stereocenters. The monoisotopic (exact) mass is 517 g/mol. The summed E-state index contributed by atoms with van der Waals surface area (Å²) in [7, 11) is 0. The summed E-state index contributed by atoms with van der Waals surface area (Å²) in [6, 6.07) is 13.5. The Morgan fingerprint density at radius 3 is 2.63 bits per heavy atom. The topological polar surface area (TPSA) is 78.9 Å². The van der Waals surface area contributed by atoms with Crippen LogP contribution in [0.25, 0.3) is 0 Å². The number of likely N-dealkylation sites (tertiary alicyclic amines) is 1. The number of carbonyl (C=O) groups excluding carboxylic acids is 2. The van der Waals surface area contributed by atoms with Crippen LogP contribution in [-0.2, 0) is 17.9 Å². The van der Waals surface area contributed by atoms with Gasteiger partial charge in [0.15, 0.2) is 0 Å². The van der Waals surface area contributed by atoms with Crippen LogP contribution in [-0.4, -0.2) is 55.9 Å². The molecule has 2 aromatic carbocycles. The minimum atomic E-state index is -1.11. The number of halogens is 1. The summed E-state index contributed by atoms with van der Waals surface area (Å²) >= 11 is 0. The van der Waals surface area contributed by atoms with Gasteiger partial charge in [0.1, 0.15) is 17.1 Å². The third-order valence-corrected chi connectivity index (χ3v) is 7.22. The van der Waals surface area contributed by atoms with Crippen molar-refractivity contribution in [1.82, 2.24) is 19.8 Å². The third-order valence-electron chi connectivity index (χ3n) is 7.22. The fourth-order valence-electron chi connectivity index (χ4n) is 5.55. The second kappa shape index (κ2) is 10.5. The summed E-state index contributed by atoms with van der Waals surface area (Å²) in [5.41, 5.74) is 0.903. The SMILES string of the molecule is CC(C)Oc1cccc(CN2CC[C@@]3(C[C@@H]2C)C(=O)N(Cc2cnccn2)C(=O)N3c2cccc(F)c2)c1. The first-order valence-corrected chi connectivity index (χ1v) is 12.9. The van der Waals surface area contributed by atoms with E-state index >= 15 is 0 Å². The van der Waals surface area contributed by atoms with Crippen LogP contribution >= 0.6 is 0 Å². The highest BCUT2D eigenvalue weighted by Crippen LogP contribution is 2.43. The number of benzene rings is 2. The number of urea groups is 1. The van der Waals surface area contributed by atoms with E-state index in [2.05, 4.69) is 27.9 Å². The number of piperidine rings is 1. The molecule has 0 N–H and O–H groups in total. The number of aromatic nitrogens is 2. The van der Waals surface area contributed by atoms with Crippen LogP contribution in [0, 0.1) is 5.82 Å². The van der Waals surface area contributed by atoms with E-state index < -0.39 is 17.4 Å². The first kappa shape index (κ1) is 25.8. The number of rotatable bonds is 7. The molecule has 3 amide bonds. The van der Waals surface area contributed by atoms with Gasteiger partial charge in [0.05, 0.1) is 24.5 Å². The highest BCUT2D eigenvalue weighted by molar-refractivity contribution is 6.16. The Morgan fingerprint density at radius 2 is 1.92 bits per heavy atom. The second-order valence-corrected chi connectivity index (χ2v) is 10.3. The van der Waals surface area contributed by atoms with Crippen LogP contribution < -0.4 is 9.64 Å². The fraction of sp³-hybridized carbons (Fsp3) is 0.379. The molecular weight excluding hydrogens is 485 g/mol. The predicted octanol–water partition coefficient (Wildman–Crippen LogP) is 4.80. The molecule has 3 heterocycles. The minimum absolute atomic E-state index is 0.0114. The van der Waals surface area contributed by atoms with Gasteiger partial charge >= 0.3 is 6.03 Å². The molecule has 1 aromatic heterocycles. The van der Waals surface area contributed by atoms with Crippen LogP contribution in [0.15, 0.2) is 67.1 Å². The smallest absolute Gasteiger partial charge is 0.332 e. The Balaban J connectivity index is 1.42. The number of amides is 3. The Bertz CT molecular complexity index is 1320. The van der Waals surface area contributed by atoms with Gasteiger partial charge in [-0.3, -0.25) is 29.5 Å². The van der Waals surface area contributed by atoms with E-state index in [0.29, 0.717) is 37.3 Å². The summed E-state index contributed by atoms with van der Waals surface area (Å²) in [6.45, 7) is 7.37. The Labute approximate surface area is 222 Å². The van der Waals surface area contributed by atoms with Crippen LogP contribution in [0.5, 0.6) is 5.75 Å². The zero-order chi connectivity index (χ0) is 26.9. The van der Waals surface area contributed by atoms with Gasteiger partial charge in [-0.05, 0) is 69.5 Å². The number of anilines is 1. The summed E-state index contributed by atoms with van der Waals surface area (Å²) in [5, 5.41) is 0. The quantitative estimate of drug-likeness (QED) is 0.419. The average Bonchev–Trinajstić information content (AvgIpc) is 3.07. The number of carbonyl (C=O) groups is 2. The lowest BCUT2D eigenvalue weighted by Gasteiger charge is -2.45. The van der Waals surface area contributed by atoms with Crippen molar-refractivity contribution in [2.24, 2.45) is 0 Å². The van der Waals surface area contributed by atoms with Gasteiger partial charge < -0.3 is 4.74 Å². The molecule has 0 unspecified atom stereocenters. The fourth-order valence-corrected chi connectivity index (χ4v) is 5.55. The van der Waals surface area contributed by atoms with Gasteiger partial charge in [0, 0.05) is 37.2 Å². The maximum atomic E-state index is 14.3. The van der Waals surface area contributed by atoms with Gasteiger partial charge in [-0.2, -0.15) is 0 Å². The summed E-state index contributed by atoms with van der Waals surface area (Å²) in [5.74, 6) is 0.0858. The van der Waals surface area contributed by atoms with Gasteiger partial charge in [0.2, 0.25) is 0 Å². The number of ether oxygens (including phenoxy) is 1. The molecule has 198 valence electrons. The lowest BCUT2D eigenvalue weighted by atomic mass is 9.81. The van der Waals surface area contributed by atoms with Gasteiger partial charge in [-0.1, -0.05) is 18.2 Å². The highest BCUT2D eigenvalue weighted by Gasteiger charge is 2.59. The van der Waals surface area contributed by atoms with Crippen molar-refractivity contribution in [2.75, 3.05) is 11.4 Å². The van der Waals surface area contributed by atoms with Crippen molar-refractivity contribution in [3.63, 3.8) is 0 Å². The predicted molar refractivity (Wildman–Crippen MR) is 141 cm³/mol. The highest BCUT2D eigenvalue weighted by atomic mass is 19.1. The maximum absolute atomic E-state index is 14.3. The first-order valence-electron chi connectivity index (χ1n) is 12.9. The molecule has 0 aliphatic carbocycles. The van der Waals surface area contributed by atoms with Gasteiger partial charge in [-0.15, -0.1) is 0 Å². The van der Waals surface area contributed by atoms with Crippen molar-refractivity contribution >= 4 is 17.6 Å². The van der Waals surface area contributed by atoms with Crippen LogP contribution in [0.1, 0.15) is 44.9 Å². The molecule has 0 radical (unpaired) electrons. The lowest BCUT2D eigenvalue weighted by molar-refractivity contribution is -0.133. The molecule has 2 aliphatic heterocycles. The summed E-state index contributed by atoms with van der Waals surface area (Å²) in [6.07, 6.45) is 5.55. The lowest BCUT2D eigenvalue weighted by Crippen LogP contribution is -2.59. The Morgan fingerprint density at radius 1 is 1.11 bits per heavy atom. The molecular formula is C29H32FN5O3. The molecule has 5 rings (SSSR count). The molecule has 2 saturated heterocycles. The molecule has 38 heavy (non-hydrogen) atoms. The van der Waals surface area contributed by atoms with Crippen molar-refractivity contribution < 1.29 is 18.7 Å². The molecule has 1 spiro atoms. The van der Waals surface area contributed by atoms with E-state index in [1.165, 1.54) is 28.1 Å². The molecule has 0 bridgehead atoms. The van der Waals surface area contributed by atoms with Crippen LogP contribution in [0.3, 0.4) is 0 Å². The largest absolute Gasteiger partial charge is 0.491 e. The van der Waals surface area contributed by atoms with E-state index in [1.54, 1.807) is 24.5 Å². The Kier molecular flexibility index (Phi) is 7.12. The third kappa shape index (κ3) is 4.98. The second-order valence-electron chi connectivity index (χ2n) is 10.3. The van der Waals surface area contributed by atoms with Crippen molar-refractivity contribution in [2.45, 2.75) is 64.4 Å². The van der Waals surface area contributed by atoms with Gasteiger partial charge in [-0.25, -0.2) is 9.18 Å². The molecule has 8 nitrogen and oxygen atoms in total. The average molecular weight is 518 g/mol. The molecule has 2 aliphatic rings. The Hall–Kier alpha value is -3.85. The molecule has 9 heteroatoms. The summed E-state index contributed by atoms with van der Waals surface area (Å²) in [4.78, 5) is 41.1. The van der Waals surface area contributed by atoms with Crippen molar-refractivity contribution in [1.29, 1.82) is 0 Å². The minimum Gasteiger partial charge on any atom is -0.491 e. The molecule has 0 saturated carbocycles. The standard InChI is InChI=1S/C29H32FN5O3/c1-20(2)38-26-9-4-6-22(14-26)18-33-13-10-29(16-21(33)3)27(36)34(19-24-17-31-11-12-32-24)28(37)35(29)25-8-5-7-23(30)15-25/h4-9,11-12,14-15,17,20-21H,10,13,16,18-19H2,1-3H3/t21-,29+/m0/s1. The van der Waals surface area contributed by atoms with Crippen molar-refractivity contribution in [3.05, 3.63) is 84.2 Å². The first-order chi connectivity index (χ1) is 18.3. The van der Waals surface area contributed by atoms with E-state index in [0.717, 1.165) is 11.3 Å². The van der Waals surface area contributed by atoms with E-state index in [-0.39, 0.29) is 24.6 Å². The molecule has 3 aromatic rings. The van der Waals surface area contributed by atoms with Crippen LogP contribution in [0.2, 0.25) is 0 Å². The van der Waals surface area contributed by atoms with E-state index in [4.69, 9.17) is 4.74 Å².